The van der Waals surface area contributed by atoms with Crippen LogP contribution in [0.3, 0.4) is 0 Å². The maximum absolute atomic E-state index is 12.5. The van der Waals surface area contributed by atoms with Crippen LogP contribution in [-0.4, -0.2) is 44.5 Å². The third-order valence-electron chi connectivity index (χ3n) is 6.97. The van der Waals surface area contributed by atoms with E-state index in [4.69, 9.17) is 5.73 Å². The minimum Gasteiger partial charge on any atom is -0.480 e. The summed E-state index contributed by atoms with van der Waals surface area (Å²) in [5.41, 5.74) is 9.24. The highest BCUT2D eigenvalue weighted by atomic mass is 16.4. The Hall–Kier alpha value is -4.90. The second-order valence-corrected chi connectivity index (χ2v) is 10.2. The predicted octanol–water partition coefficient (Wildman–Crippen LogP) is 4.15. The van der Waals surface area contributed by atoms with Gasteiger partial charge >= 0.3 is 5.97 Å². The molecule has 0 fully saturated rings. The number of rotatable bonds is 14. The number of benzene rings is 3. The molecule has 10 heteroatoms. The molecule has 5 rings (SSSR count). The minimum absolute atomic E-state index is 0.335. The van der Waals surface area contributed by atoms with Crippen LogP contribution in [0.25, 0.3) is 10.8 Å². The molecule has 0 aliphatic rings. The molecule has 0 unspecified atom stereocenters. The van der Waals surface area contributed by atoms with Gasteiger partial charge in [0.15, 0.2) is 0 Å². The van der Waals surface area contributed by atoms with Crippen LogP contribution in [0.1, 0.15) is 45.8 Å². The van der Waals surface area contributed by atoms with E-state index in [0.29, 0.717) is 51.1 Å². The van der Waals surface area contributed by atoms with E-state index in [9.17, 15) is 14.7 Å². The second kappa shape index (κ2) is 17.3. The highest BCUT2D eigenvalue weighted by Crippen LogP contribution is 2.17. The lowest BCUT2D eigenvalue weighted by molar-refractivity contribution is -0.139. The van der Waals surface area contributed by atoms with Crippen LogP contribution in [0.5, 0.6) is 0 Å². The highest BCUT2D eigenvalue weighted by Gasteiger charge is 2.20. The van der Waals surface area contributed by atoms with Crippen LogP contribution < -0.4 is 21.7 Å². The zero-order chi connectivity index (χ0) is 31.0. The number of carboxylic acid groups (broad SMARTS) is 1. The molecule has 2 heterocycles. The van der Waals surface area contributed by atoms with Gasteiger partial charge in [-0.05, 0) is 65.6 Å². The molecule has 0 aliphatic heterocycles. The summed E-state index contributed by atoms with van der Waals surface area (Å²) in [5.74, 6) is -0.614. The molecule has 0 saturated carbocycles. The van der Waals surface area contributed by atoms with E-state index >= 15 is 0 Å². The number of H-pyrrole nitrogens is 1. The van der Waals surface area contributed by atoms with Gasteiger partial charge in [0.2, 0.25) is 0 Å². The Kier molecular flexibility index (Phi) is 12.6. The number of aromatic nitrogens is 3. The second-order valence-electron chi connectivity index (χ2n) is 10.2. The van der Waals surface area contributed by atoms with Crippen molar-refractivity contribution in [3.05, 3.63) is 132 Å². The number of carbonyl (C=O) groups excluding carboxylic acids is 1. The fourth-order valence-electron chi connectivity index (χ4n) is 4.61. The number of carboxylic acids is 1. The van der Waals surface area contributed by atoms with E-state index in [-0.39, 0.29) is 0 Å². The Morgan fingerprint density at radius 3 is 2.36 bits per heavy atom. The fourth-order valence-corrected chi connectivity index (χ4v) is 4.61. The standard InChI is InChI=1S/C23H28N6O3.C11H11N/c30-22(29-20(23(31)32)5-3-10-24-16-21-27-12-13-28-21)18-8-6-17(7-9-18)14-25-15-19-4-1-2-11-26-19;12-8-10-6-3-5-9-4-1-2-7-11(9)10/h1-2,4,6-9,11-13,20,24-25H,3,5,10,14-16H2,(H,27,28)(H,29,30)(H,31,32);1-7H,8,12H2/t20-;/m0./s1. The van der Waals surface area contributed by atoms with Crippen molar-refractivity contribution in [1.29, 1.82) is 0 Å². The van der Waals surface area contributed by atoms with Crippen molar-refractivity contribution < 1.29 is 14.7 Å². The van der Waals surface area contributed by atoms with E-state index in [1.165, 1.54) is 16.3 Å². The van der Waals surface area contributed by atoms with Crippen LogP contribution in [0.4, 0.5) is 0 Å². The molecule has 0 saturated heterocycles. The molecule has 1 atom stereocenters. The van der Waals surface area contributed by atoms with Gasteiger partial charge in [-0.1, -0.05) is 60.7 Å². The summed E-state index contributed by atoms with van der Waals surface area (Å²) in [6, 6.07) is 26.5. The summed E-state index contributed by atoms with van der Waals surface area (Å²) in [4.78, 5) is 35.4. The smallest absolute Gasteiger partial charge is 0.326 e. The topological polar surface area (TPSA) is 158 Å². The van der Waals surface area contributed by atoms with Crippen LogP contribution in [0, 0.1) is 0 Å². The van der Waals surface area contributed by atoms with Gasteiger partial charge in [0.05, 0.1) is 12.2 Å². The largest absolute Gasteiger partial charge is 0.480 e. The number of aromatic amines is 1. The first-order chi connectivity index (χ1) is 21.5. The number of nitrogens with two attached hydrogens (primary N) is 1. The zero-order valence-corrected chi connectivity index (χ0v) is 24.6. The summed E-state index contributed by atoms with van der Waals surface area (Å²) in [6.45, 7) is 3.11. The third kappa shape index (κ3) is 10.1. The highest BCUT2D eigenvalue weighted by molar-refractivity contribution is 5.96. The quantitative estimate of drug-likeness (QED) is 0.105. The molecule has 228 valence electrons. The molecule has 7 N–H and O–H groups in total. The number of nitrogens with zero attached hydrogens (tertiary/aromatic N) is 2. The first-order valence-corrected chi connectivity index (χ1v) is 14.6. The van der Waals surface area contributed by atoms with Crippen molar-refractivity contribution in [2.45, 2.75) is 45.1 Å². The lowest BCUT2D eigenvalue weighted by Crippen LogP contribution is -2.41. The minimum atomic E-state index is -1.04. The number of hydrogen-bond acceptors (Lipinski definition) is 7. The lowest BCUT2D eigenvalue weighted by Gasteiger charge is -2.15. The third-order valence-corrected chi connectivity index (χ3v) is 6.97. The first kappa shape index (κ1) is 32.0. The monoisotopic (exact) mass is 593 g/mol. The Morgan fingerprint density at radius 1 is 0.841 bits per heavy atom. The van der Waals surface area contributed by atoms with Crippen LogP contribution >= 0.6 is 0 Å². The van der Waals surface area contributed by atoms with Gasteiger partial charge in [0.25, 0.3) is 5.91 Å². The summed E-state index contributed by atoms with van der Waals surface area (Å²) in [7, 11) is 0. The van der Waals surface area contributed by atoms with E-state index in [0.717, 1.165) is 17.1 Å². The molecule has 2 aromatic heterocycles. The Morgan fingerprint density at radius 2 is 1.64 bits per heavy atom. The van der Waals surface area contributed by atoms with Gasteiger partial charge in [-0.25, -0.2) is 9.78 Å². The molecule has 0 radical (unpaired) electrons. The van der Waals surface area contributed by atoms with Crippen molar-refractivity contribution in [1.82, 2.24) is 30.9 Å². The van der Waals surface area contributed by atoms with Crippen LogP contribution in [0.15, 0.2) is 104 Å². The Labute approximate surface area is 257 Å². The van der Waals surface area contributed by atoms with Crippen molar-refractivity contribution in [3.63, 3.8) is 0 Å². The Balaban J connectivity index is 0.000000305. The Bertz CT molecular complexity index is 1570. The number of aliphatic carboxylic acids is 1. The fraction of sp³-hybridized carbons (Fsp3) is 0.235. The van der Waals surface area contributed by atoms with Crippen LogP contribution in [0.2, 0.25) is 0 Å². The maximum Gasteiger partial charge on any atom is 0.326 e. The average Bonchev–Trinajstić information content (AvgIpc) is 3.58. The molecule has 0 aliphatic carbocycles. The summed E-state index contributed by atoms with van der Waals surface area (Å²) in [6.07, 6.45) is 6.13. The number of nitrogens with one attached hydrogen (secondary N) is 4. The summed E-state index contributed by atoms with van der Waals surface area (Å²) in [5, 5.41) is 21.1. The maximum atomic E-state index is 12.5. The molecule has 10 nitrogen and oxygen atoms in total. The number of fused-ring (bicyclic) bond motifs is 1. The molecule has 3 aromatic carbocycles. The van der Waals surface area contributed by atoms with Crippen LogP contribution in [-0.2, 0) is 31.0 Å². The number of imidazole rings is 1. The van der Waals surface area contributed by atoms with E-state index < -0.39 is 17.9 Å². The van der Waals surface area contributed by atoms with Gasteiger partial charge in [-0.15, -0.1) is 0 Å². The molecule has 0 bridgehead atoms. The van der Waals surface area contributed by atoms with Gasteiger partial charge in [0, 0.05) is 43.8 Å². The molecular formula is C34H39N7O3. The SMILES string of the molecule is NCc1cccc2ccccc12.O=C(N[C@@H](CCCNCc1ncc[nH]1)C(=O)O)c1ccc(CNCc2ccccn2)cc1. The molecule has 0 spiro atoms. The summed E-state index contributed by atoms with van der Waals surface area (Å²) >= 11 is 0. The molecule has 5 aromatic rings. The normalized spacial score (nSPS) is 11.4. The van der Waals surface area contributed by atoms with Gasteiger partial charge < -0.3 is 31.8 Å². The number of pyridine rings is 1. The lowest BCUT2D eigenvalue weighted by atomic mass is 10.1. The van der Waals surface area contributed by atoms with Gasteiger partial charge in [0.1, 0.15) is 11.9 Å². The van der Waals surface area contributed by atoms with E-state index in [1.807, 2.05) is 48.5 Å². The van der Waals surface area contributed by atoms with Gasteiger partial charge in [-0.2, -0.15) is 0 Å². The van der Waals surface area contributed by atoms with Crippen molar-refractivity contribution >= 4 is 22.6 Å². The predicted molar refractivity (Wildman–Crippen MR) is 171 cm³/mol. The zero-order valence-electron chi connectivity index (χ0n) is 24.6. The summed E-state index contributed by atoms with van der Waals surface area (Å²) < 4.78 is 0. The average molecular weight is 594 g/mol. The number of hydrogen-bond donors (Lipinski definition) is 6. The number of carbonyl (C=O) groups is 2. The van der Waals surface area contributed by atoms with Crippen molar-refractivity contribution in [3.8, 4) is 0 Å². The number of amides is 1. The van der Waals surface area contributed by atoms with Crippen molar-refractivity contribution in [2.75, 3.05) is 6.54 Å². The molecule has 44 heavy (non-hydrogen) atoms. The van der Waals surface area contributed by atoms with E-state index in [1.54, 1.807) is 30.7 Å². The van der Waals surface area contributed by atoms with Crippen molar-refractivity contribution in [2.24, 2.45) is 5.73 Å². The van der Waals surface area contributed by atoms with E-state index in [2.05, 4.69) is 55.2 Å². The first-order valence-electron chi connectivity index (χ1n) is 14.6. The van der Waals surface area contributed by atoms with Gasteiger partial charge in [-0.3, -0.25) is 9.78 Å². The molecular weight excluding hydrogens is 554 g/mol. The molecule has 1 amide bonds.